The molecule has 0 saturated heterocycles. The van der Waals surface area contributed by atoms with Gasteiger partial charge in [-0.2, -0.15) is 0 Å². The molecule has 0 spiro atoms. The van der Waals surface area contributed by atoms with Crippen LogP contribution in [0.3, 0.4) is 0 Å². The van der Waals surface area contributed by atoms with Gasteiger partial charge in [0.1, 0.15) is 0 Å². The van der Waals surface area contributed by atoms with Gasteiger partial charge in [0.25, 0.3) is 0 Å². The molecular weight excluding hydrogens is 244 g/mol. The highest BCUT2D eigenvalue weighted by molar-refractivity contribution is 5.30. The molecule has 20 heavy (non-hydrogen) atoms. The van der Waals surface area contributed by atoms with Crippen LogP contribution in [-0.2, 0) is 6.54 Å². The number of benzene rings is 1. The molecule has 1 aromatic carbocycles. The minimum atomic E-state index is 0.680. The molecule has 2 unspecified atom stereocenters. The average Bonchev–Trinajstić information content (AvgIpc) is 2.46. The van der Waals surface area contributed by atoms with Crippen LogP contribution in [-0.4, -0.2) is 24.0 Å². The zero-order valence-corrected chi connectivity index (χ0v) is 13.4. The zero-order chi connectivity index (χ0) is 14.5. The number of rotatable bonds is 5. The van der Waals surface area contributed by atoms with E-state index in [0.717, 1.165) is 19.6 Å². The van der Waals surface area contributed by atoms with Gasteiger partial charge >= 0.3 is 0 Å². The van der Waals surface area contributed by atoms with E-state index >= 15 is 0 Å². The number of hydrogen-bond acceptors (Lipinski definition) is 2. The predicted molar refractivity (Wildman–Crippen MR) is 86.8 cm³/mol. The van der Waals surface area contributed by atoms with E-state index in [1.165, 1.54) is 42.4 Å². The second kappa shape index (κ2) is 7.24. The minimum absolute atomic E-state index is 0.680. The molecule has 2 nitrogen and oxygen atoms in total. The van der Waals surface area contributed by atoms with Gasteiger partial charge in [-0.25, -0.2) is 0 Å². The number of nitrogens with zero attached hydrogens (tertiary/aromatic N) is 1. The van der Waals surface area contributed by atoms with E-state index in [0.29, 0.717) is 12.0 Å². The zero-order valence-electron chi connectivity index (χ0n) is 13.4. The maximum atomic E-state index is 6.00. The summed E-state index contributed by atoms with van der Waals surface area (Å²) in [6.45, 7) is 9.72. The van der Waals surface area contributed by atoms with Crippen molar-refractivity contribution >= 4 is 0 Å². The maximum Gasteiger partial charge on any atom is 0.0239 e. The SMILES string of the molecule is CCN(Cc1ccc(C)cc1C)C1CCCCC1CN. The summed E-state index contributed by atoms with van der Waals surface area (Å²) in [4.78, 5) is 2.65. The topological polar surface area (TPSA) is 29.3 Å². The molecule has 2 N–H and O–H groups in total. The first kappa shape index (κ1) is 15.5. The van der Waals surface area contributed by atoms with Gasteiger partial charge in [0.05, 0.1) is 0 Å². The van der Waals surface area contributed by atoms with E-state index in [-0.39, 0.29) is 0 Å². The molecule has 2 heteroatoms. The third kappa shape index (κ3) is 3.62. The number of aryl methyl sites for hydroxylation is 2. The van der Waals surface area contributed by atoms with Crippen LogP contribution in [0.4, 0.5) is 0 Å². The van der Waals surface area contributed by atoms with E-state index in [1.54, 1.807) is 0 Å². The van der Waals surface area contributed by atoms with Crippen LogP contribution in [0.25, 0.3) is 0 Å². The fourth-order valence-electron chi connectivity index (χ4n) is 3.65. The lowest BCUT2D eigenvalue weighted by molar-refractivity contribution is 0.105. The van der Waals surface area contributed by atoms with Crippen LogP contribution in [0.5, 0.6) is 0 Å². The standard InChI is InChI=1S/C18H30N2/c1-4-20(18-8-6-5-7-16(18)12-19)13-17-10-9-14(2)11-15(17)3/h9-11,16,18H,4-8,12-13,19H2,1-3H3. The van der Waals surface area contributed by atoms with Crippen molar-refractivity contribution in [3.8, 4) is 0 Å². The van der Waals surface area contributed by atoms with E-state index < -0.39 is 0 Å². The first-order chi connectivity index (χ1) is 9.65. The Morgan fingerprint density at radius 1 is 1.20 bits per heavy atom. The van der Waals surface area contributed by atoms with Crippen LogP contribution in [0.2, 0.25) is 0 Å². The molecule has 0 radical (unpaired) electrons. The first-order valence-corrected chi connectivity index (χ1v) is 8.16. The van der Waals surface area contributed by atoms with Crippen LogP contribution in [0.1, 0.15) is 49.3 Å². The van der Waals surface area contributed by atoms with E-state index in [9.17, 15) is 0 Å². The molecule has 0 heterocycles. The summed E-state index contributed by atoms with van der Waals surface area (Å²) in [7, 11) is 0. The highest BCUT2D eigenvalue weighted by Gasteiger charge is 2.28. The summed E-state index contributed by atoms with van der Waals surface area (Å²) in [5.74, 6) is 0.689. The lowest BCUT2D eigenvalue weighted by Crippen LogP contribution is -2.44. The van der Waals surface area contributed by atoms with E-state index in [1.807, 2.05) is 0 Å². The van der Waals surface area contributed by atoms with Gasteiger partial charge in [0, 0.05) is 12.6 Å². The van der Waals surface area contributed by atoms with Gasteiger partial charge in [-0.05, 0) is 56.8 Å². The van der Waals surface area contributed by atoms with Crippen LogP contribution >= 0.6 is 0 Å². The molecule has 2 atom stereocenters. The summed E-state index contributed by atoms with van der Waals surface area (Å²) in [5, 5.41) is 0. The van der Waals surface area contributed by atoms with E-state index in [4.69, 9.17) is 5.73 Å². The first-order valence-electron chi connectivity index (χ1n) is 8.16. The summed E-state index contributed by atoms with van der Waals surface area (Å²) < 4.78 is 0. The Labute approximate surface area is 124 Å². The summed E-state index contributed by atoms with van der Waals surface area (Å²) in [6, 6.07) is 7.51. The van der Waals surface area contributed by atoms with Gasteiger partial charge in [0.2, 0.25) is 0 Å². The Bertz CT molecular complexity index is 427. The van der Waals surface area contributed by atoms with Gasteiger partial charge in [0.15, 0.2) is 0 Å². The van der Waals surface area contributed by atoms with Crippen molar-refractivity contribution < 1.29 is 0 Å². The van der Waals surface area contributed by atoms with Crippen molar-refractivity contribution in [2.75, 3.05) is 13.1 Å². The Kier molecular flexibility index (Phi) is 5.62. The molecule has 112 valence electrons. The smallest absolute Gasteiger partial charge is 0.0239 e. The predicted octanol–water partition coefficient (Wildman–Crippen LogP) is 3.64. The Hall–Kier alpha value is -0.860. The van der Waals surface area contributed by atoms with Crippen molar-refractivity contribution in [3.63, 3.8) is 0 Å². The van der Waals surface area contributed by atoms with Gasteiger partial charge in [-0.3, -0.25) is 4.90 Å². The highest BCUT2D eigenvalue weighted by atomic mass is 15.2. The van der Waals surface area contributed by atoms with Gasteiger partial charge in [-0.1, -0.05) is 43.5 Å². The fraction of sp³-hybridized carbons (Fsp3) is 0.667. The second-order valence-corrected chi connectivity index (χ2v) is 6.34. The quantitative estimate of drug-likeness (QED) is 0.888. The molecule has 1 saturated carbocycles. The monoisotopic (exact) mass is 274 g/mol. The van der Waals surface area contributed by atoms with Gasteiger partial charge in [-0.15, -0.1) is 0 Å². The Morgan fingerprint density at radius 2 is 1.95 bits per heavy atom. The van der Waals surface area contributed by atoms with Crippen molar-refractivity contribution in [1.29, 1.82) is 0 Å². The van der Waals surface area contributed by atoms with Gasteiger partial charge < -0.3 is 5.73 Å². The fourth-order valence-corrected chi connectivity index (χ4v) is 3.65. The third-order valence-electron chi connectivity index (χ3n) is 4.92. The lowest BCUT2D eigenvalue weighted by Gasteiger charge is -2.39. The minimum Gasteiger partial charge on any atom is -0.330 e. The molecule has 2 rings (SSSR count). The normalized spacial score (nSPS) is 23.2. The Balaban J connectivity index is 2.11. The maximum absolute atomic E-state index is 6.00. The third-order valence-corrected chi connectivity index (χ3v) is 4.92. The van der Waals surface area contributed by atoms with Crippen molar-refractivity contribution in [2.45, 2.75) is 59.0 Å². The summed E-state index contributed by atoms with van der Waals surface area (Å²) in [5.41, 5.74) is 10.2. The van der Waals surface area contributed by atoms with Crippen molar-refractivity contribution in [1.82, 2.24) is 4.90 Å². The van der Waals surface area contributed by atoms with Crippen molar-refractivity contribution in [2.24, 2.45) is 11.7 Å². The second-order valence-electron chi connectivity index (χ2n) is 6.34. The molecule has 1 aliphatic rings. The highest BCUT2D eigenvalue weighted by Crippen LogP contribution is 2.29. The molecule has 1 fully saturated rings. The van der Waals surface area contributed by atoms with Crippen LogP contribution < -0.4 is 5.73 Å². The molecule has 0 amide bonds. The van der Waals surface area contributed by atoms with E-state index in [2.05, 4.69) is 43.9 Å². The Morgan fingerprint density at radius 3 is 2.60 bits per heavy atom. The summed E-state index contributed by atoms with van der Waals surface area (Å²) in [6.07, 6.45) is 5.36. The van der Waals surface area contributed by atoms with Crippen LogP contribution in [0, 0.1) is 19.8 Å². The molecule has 1 aromatic rings. The molecular formula is C18H30N2. The average molecular weight is 274 g/mol. The van der Waals surface area contributed by atoms with Crippen molar-refractivity contribution in [3.05, 3.63) is 34.9 Å². The molecule has 0 bridgehead atoms. The summed E-state index contributed by atoms with van der Waals surface area (Å²) >= 11 is 0. The molecule has 0 aliphatic heterocycles. The largest absolute Gasteiger partial charge is 0.330 e. The number of nitrogens with two attached hydrogens (primary N) is 1. The lowest BCUT2D eigenvalue weighted by atomic mass is 9.83. The molecule has 1 aliphatic carbocycles. The molecule has 0 aromatic heterocycles. The van der Waals surface area contributed by atoms with Crippen LogP contribution in [0.15, 0.2) is 18.2 Å². The number of hydrogen-bond donors (Lipinski definition) is 1.